The van der Waals surface area contributed by atoms with Gasteiger partial charge < -0.3 is 15.5 Å². The highest BCUT2D eigenvalue weighted by molar-refractivity contribution is 5.73. The molecular weight excluding hydrogens is 253 g/mol. The normalized spacial score (nSPS) is 14.3. The van der Waals surface area contributed by atoms with E-state index in [2.05, 4.69) is 29.0 Å². The first-order chi connectivity index (χ1) is 9.65. The Morgan fingerprint density at radius 3 is 2.60 bits per heavy atom. The van der Waals surface area contributed by atoms with Gasteiger partial charge in [-0.05, 0) is 29.8 Å². The molecule has 104 valence electrons. The fourth-order valence-electron chi connectivity index (χ4n) is 2.62. The van der Waals surface area contributed by atoms with Crippen LogP contribution in [0.4, 0.5) is 21.5 Å². The number of hydrogen-bond acceptors (Lipinski definition) is 3. The first-order valence-electron chi connectivity index (χ1n) is 6.74. The average Bonchev–Trinajstić information content (AvgIpc) is 2.46. The molecule has 20 heavy (non-hydrogen) atoms. The summed E-state index contributed by atoms with van der Waals surface area (Å²) in [5, 5.41) is 0. The molecule has 2 aromatic carbocycles. The molecule has 1 aliphatic rings. The van der Waals surface area contributed by atoms with Crippen LogP contribution in [0.5, 0.6) is 0 Å². The summed E-state index contributed by atoms with van der Waals surface area (Å²) in [5.74, 6) is -0.343. The lowest BCUT2D eigenvalue weighted by Gasteiger charge is -2.37. The fourth-order valence-corrected chi connectivity index (χ4v) is 2.62. The average molecular weight is 271 g/mol. The maximum Gasteiger partial charge on any atom is 0.146 e. The minimum absolute atomic E-state index is 0.201. The highest BCUT2D eigenvalue weighted by Gasteiger charge is 2.19. The second-order valence-corrected chi connectivity index (χ2v) is 5.19. The molecule has 0 aliphatic carbocycles. The first kappa shape index (κ1) is 12.8. The molecule has 4 heteroatoms. The predicted octanol–water partition coefficient (Wildman–Crippen LogP) is 2.86. The number of benzene rings is 2. The number of nitrogens with two attached hydrogens (primary N) is 1. The van der Waals surface area contributed by atoms with Crippen LogP contribution in [0, 0.1) is 5.82 Å². The lowest BCUT2D eigenvalue weighted by atomic mass is 10.1. The summed E-state index contributed by atoms with van der Waals surface area (Å²) in [6.45, 7) is 2.59. The van der Waals surface area contributed by atoms with Gasteiger partial charge in [0.1, 0.15) is 5.82 Å². The van der Waals surface area contributed by atoms with Crippen LogP contribution < -0.4 is 15.5 Å². The number of anilines is 3. The summed E-state index contributed by atoms with van der Waals surface area (Å²) in [6, 6.07) is 13.3. The number of rotatable bonds is 2. The van der Waals surface area contributed by atoms with Crippen LogP contribution in [0.25, 0.3) is 0 Å². The molecule has 0 bridgehead atoms. The Morgan fingerprint density at radius 1 is 1.10 bits per heavy atom. The third-order valence-electron chi connectivity index (χ3n) is 3.78. The van der Waals surface area contributed by atoms with E-state index in [1.54, 1.807) is 6.07 Å². The predicted molar refractivity (Wildman–Crippen MR) is 81.6 cm³/mol. The molecule has 2 N–H and O–H groups in total. The molecule has 3 nitrogen and oxygen atoms in total. The van der Waals surface area contributed by atoms with E-state index >= 15 is 0 Å². The zero-order chi connectivity index (χ0) is 14.1. The number of nitrogens with zero attached hydrogens (tertiary/aromatic N) is 2. The second-order valence-electron chi connectivity index (χ2n) is 5.19. The number of nitrogen functional groups attached to an aromatic ring is 1. The van der Waals surface area contributed by atoms with Crippen molar-refractivity contribution < 1.29 is 4.39 Å². The molecule has 1 heterocycles. The summed E-state index contributed by atoms with van der Waals surface area (Å²) < 4.78 is 13.5. The van der Waals surface area contributed by atoms with Gasteiger partial charge in [-0.15, -0.1) is 0 Å². The third kappa shape index (κ3) is 2.29. The Hall–Kier alpha value is -2.23. The topological polar surface area (TPSA) is 32.5 Å². The molecule has 0 aromatic heterocycles. The number of fused-ring (bicyclic) bond motifs is 1. The van der Waals surface area contributed by atoms with Crippen molar-refractivity contribution >= 4 is 17.1 Å². The van der Waals surface area contributed by atoms with E-state index < -0.39 is 0 Å². The molecule has 0 fully saturated rings. The summed E-state index contributed by atoms with van der Waals surface area (Å²) in [7, 11) is 2.10. The third-order valence-corrected chi connectivity index (χ3v) is 3.78. The van der Waals surface area contributed by atoms with Crippen molar-refractivity contribution in [1.29, 1.82) is 0 Å². The van der Waals surface area contributed by atoms with E-state index in [0.29, 0.717) is 6.54 Å². The van der Waals surface area contributed by atoms with Crippen molar-refractivity contribution in [3.05, 3.63) is 53.8 Å². The SMILES string of the molecule is CN1CCN(Cc2ccc(N)c(F)c2)c2ccccc21. The van der Waals surface area contributed by atoms with Gasteiger partial charge >= 0.3 is 0 Å². The van der Waals surface area contributed by atoms with E-state index in [9.17, 15) is 4.39 Å². The van der Waals surface area contributed by atoms with Gasteiger partial charge in [0.15, 0.2) is 0 Å². The Labute approximate surface area is 118 Å². The molecule has 0 amide bonds. The van der Waals surface area contributed by atoms with E-state index in [-0.39, 0.29) is 11.5 Å². The van der Waals surface area contributed by atoms with Gasteiger partial charge in [0.05, 0.1) is 17.1 Å². The fraction of sp³-hybridized carbons (Fsp3) is 0.250. The number of para-hydroxylation sites is 2. The Kier molecular flexibility index (Phi) is 3.22. The zero-order valence-corrected chi connectivity index (χ0v) is 11.5. The maximum atomic E-state index is 13.5. The van der Waals surface area contributed by atoms with Crippen molar-refractivity contribution in [2.24, 2.45) is 0 Å². The molecule has 0 saturated heterocycles. The van der Waals surface area contributed by atoms with E-state index in [1.165, 1.54) is 17.4 Å². The lowest BCUT2D eigenvalue weighted by molar-refractivity contribution is 0.628. The Bertz CT molecular complexity index is 627. The maximum absolute atomic E-state index is 13.5. The van der Waals surface area contributed by atoms with Crippen LogP contribution in [0.3, 0.4) is 0 Å². The van der Waals surface area contributed by atoms with Crippen LogP contribution in [-0.4, -0.2) is 20.1 Å². The second kappa shape index (κ2) is 5.04. The minimum atomic E-state index is -0.343. The molecule has 3 rings (SSSR count). The minimum Gasteiger partial charge on any atom is -0.396 e. The van der Waals surface area contributed by atoms with Crippen LogP contribution in [0.2, 0.25) is 0 Å². The van der Waals surface area contributed by atoms with Crippen molar-refractivity contribution in [2.45, 2.75) is 6.54 Å². The summed E-state index contributed by atoms with van der Waals surface area (Å²) in [4.78, 5) is 4.52. The largest absolute Gasteiger partial charge is 0.396 e. The van der Waals surface area contributed by atoms with Crippen LogP contribution in [-0.2, 0) is 6.54 Å². The molecule has 1 aliphatic heterocycles. The van der Waals surface area contributed by atoms with Crippen LogP contribution in [0.15, 0.2) is 42.5 Å². The van der Waals surface area contributed by atoms with Crippen molar-refractivity contribution in [1.82, 2.24) is 0 Å². The van der Waals surface area contributed by atoms with E-state index in [4.69, 9.17) is 5.73 Å². The van der Waals surface area contributed by atoms with Crippen molar-refractivity contribution in [3.63, 3.8) is 0 Å². The Balaban J connectivity index is 1.88. The number of likely N-dealkylation sites (N-methyl/N-ethyl adjacent to an activating group) is 1. The smallest absolute Gasteiger partial charge is 0.146 e. The van der Waals surface area contributed by atoms with Gasteiger partial charge in [0, 0.05) is 26.7 Å². The van der Waals surface area contributed by atoms with Gasteiger partial charge in [0.2, 0.25) is 0 Å². The van der Waals surface area contributed by atoms with E-state index in [1.807, 2.05) is 18.2 Å². The lowest BCUT2D eigenvalue weighted by Crippen LogP contribution is -2.38. The number of halogens is 1. The van der Waals surface area contributed by atoms with Gasteiger partial charge in [-0.2, -0.15) is 0 Å². The van der Waals surface area contributed by atoms with Gasteiger partial charge in [-0.1, -0.05) is 18.2 Å². The summed E-state index contributed by atoms with van der Waals surface area (Å²) in [6.07, 6.45) is 0. The molecular formula is C16H18FN3. The van der Waals surface area contributed by atoms with Gasteiger partial charge in [0.25, 0.3) is 0 Å². The van der Waals surface area contributed by atoms with Crippen molar-refractivity contribution in [3.8, 4) is 0 Å². The number of hydrogen-bond donors (Lipinski definition) is 1. The quantitative estimate of drug-likeness (QED) is 0.852. The highest BCUT2D eigenvalue weighted by atomic mass is 19.1. The van der Waals surface area contributed by atoms with Gasteiger partial charge in [-0.3, -0.25) is 0 Å². The molecule has 0 atom stereocenters. The molecule has 0 radical (unpaired) electrons. The summed E-state index contributed by atoms with van der Waals surface area (Å²) >= 11 is 0. The molecule has 0 saturated carbocycles. The van der Waals surface area contributed by atoms with Crippen molar-refractivity contribution in [2.75, 3.05) is 35.7 Å². The summed E-state index contributed by atoms with van der Waals surface area (Å²) in [5.41, 5.74) is 9.07. The zero-order valence-electron chi connectivity index (χ0n) is 11.5. The Morgan fingerprint density at radius 2 is 1.85 bits per heavy atom. The molecule has 2 aromatic rings. The molecule has 0 spiro atoms. The monoisotopic (exact) mass is 271 g/mol. The first-order valence-corrected chi connectivity index (χ1v) is 6.74. The van der Waals surface area contributed by atoms with Crippen LogP contribution in [0.1, 0.15) is 5.56 Å². The highest BCUT2D eigenvalue weighted by Crippen LogP contribution is 2.32. The van der Waals surface area contributed by atoms with Crippen LogP contribution >= 0.6 is 0 Å². The van der Waals surface area contributed by atoms with E-state index in [0.717, 1.165) is 18.7 Å². The standard InChI is InChI=1S/C16H18FN3/c1-19-8-9-20(16-5-3-2-4-15(16)19)11-12-6-7-14(18)13(17)10-12/h2-7,10H,8-9,11,18H2,1H3. The molecule has 0 unspecified atom stereocenters. The van der Waals surface area contributed by atoms with Gasteiger partial charge in [-0.25, -0.2) is 4.39 Å².